The molecular weight excluding hydrogens is 236 g/mol. The van der Waals surface area contributed by atoms with Crippen molar-refractivity contribution in [1.82, 2.24) is 10.6 Å². The van der Waals surface area contributed by atoms with Crippen LogP contribution < -0.4 is 10.6 Å². The first kappa shape index (κ1) is 16.7. The van der Waals surface area contributed by atoms with Crippen LogP contribution in [0.25, 0.3) is 0 Å². The highest BCUT2D eigenvalue weighted by molar-refractivity contribution is 5.76. The molecule has 0 aromatic rings. The molecular formula is C12H24N2O4. The fourth-order valence-corrected chi connectivity index (χ4v) is 1.45. The van der Waals surface area contributed by atoms with E-state index in [-0.39, 0.29) is 6.54 Å². The van der Waals surface area contributed by atoms with Crippen molar-refractivity contribution in [3.63, 3.8) is 0 Å². The van der Waals surface area contributed by atoms with E-state index in [2.05, 4.69) is 17.6 Å². The monoisotopic (exact) mass is 260 g/mol. The summed E-state index contributed by atoms with van der Waals surface area (Å²) in [7, 11) is 0. The molecule has 0 heterocycles. The molecule has 1 unspecified atom stereocenters. The molecule has 0 aromatic heterocycles. The van der Waals surface area contributed by atoms with Crippen LogP contribution in [0.1, 0.15) is 45.4 Å². The van der Waals surface area contributed by atoms with Crippen molar-refractivity contribution in [2.75, 3.05) is 13.1 Å². The maximum atomic E-state index is 11.2. The third kappa shape index (κ3) is 9.89. The fraction of sp³-hybridized carbons (Fsp3) is 0.833. The Morgan fingerprint density at radius 3 is 2.28 bits per heavy atom. The Kier molecular flexibility index (Phi) is 10.0. The Bertz CT molecular complexity index is 246. The summed E-state index contributed by atoms with van der Waals surface area (Å²) >= 11 is 0. The summed E-state index contributed by atoms with van der Waals surface area (Å²) < 4.78 is 0. The number of hydrogen-bond acceptors (Lipinski definition) is 3. The molecule has 0 aromatic carbocycles. The number of unbranched alkanes of at least 4 members (excludes halogenated alkanes) is 5. The van der Waals surface area contributed by atoms with Crippen LogP contribution >= 0.6 is 0 Å². The highest BCUT2D eigenvalue weighted by atomic mass is 16.4. The number of aliphatic carboxylic acids is 1. The van der Waals surface area contributed by atoms with E-state index >= 15 is 0 Å². The average Bonchev–Trinajstić information content (AvgIpc) is 2.34. The normalized spacial score (nSPS) is 11.9. The molecule has 0 aliphatic rings. The molecule has 0 spiro atoms. The summed E-state index contributed by atoms with van der Waals surface area (Å²) in [6, 6.07) is -0.441. The third-order valence-corrected chi connectivity index (χ3v) is 2.56. The second-order valence-electron chi connectivity index (χ2n) is 4.26. The number of rotatable bonds is 10. The minimum atomic E-state index is -1.55. The SMILES string of the molecule is CCCCCCCCNC(=O)NCC(O)C(=O)O. The van der Waals surface area contributed by atoms with Gasteiger partial charge in [-0.15, -0.1) is 0 Å². The topological polar surface area (TPSA) is 98.7 Å². The molecule has 0 fully saturated rings. The van der Waals surface area contributed by atoms with Crippen molar-refractivity contribution in [1.29, 1.82) is 0 Å². The number of aliphatic hydroxyl groups is 1. The molecule has 0 aliphatic carbocycles. The lowest BCUT2D eigenvalue weighted by atomic mass is 10.1. The summed E-state index contributed by atoms with van der Waals surface area (Å²) in [5.41, 5.74) is 0. The van der Waals surface area contributed by atoms with E-state index < -0.39 is 18.1 Å². The molecule has 4 N–H and O–H groups in total. The van der Waals surface area contributed by atoms with Crippen molar-refractivity contribution in [3.8, 4) is 0 Å². The largest absolute Gasteiger partial charge is 0.479 e. The molecule has 6 heteroatoms. The van der Waals surface area contributed by atoms with Crippen molar-refractivity contribution in [2.24, 2.45) is 0 Å². The number of nitrogens with one attached hydrogen (secondary N) is 2. The van der Waals surface area contributed by atoms with Crippen LogP contribution in [-0.4, -0.2) is 41.4 Å². The molecule has 6 nitrogen and oxygen atoms in total. The van der Waals surface area contributed by atoms with Crippen LogP contribution in [0.5, 0.6) is 0 Å². The molecule has 0 saturated heterocycles. The number of aliphatic hydroxyl groups excluding tert-OH is 1. The van der Waals surface area contributed by atoms with E-state index in [0.29, 0.717) is 6.54 Å². The van der Waals surface area contributed by atoms with Gasteiger partial charge in [-0.1, -0.05) is 39.0 Å². The van der Waals surface area contributed by atoms with Gasteiger partial charge in [0.25, 0.3) is 0 Å². The standard InChI is InChI=1S/C12H24N2O4/c1-2-3-4-5-6-7-8-13-12(18)14-9-10(15)11(16)17/h10,15H,2-9H2,1H3,(H,16,17)(H2,13,14,18). The van der Waals surface area contributed by atoms with Crippen LogP contribution in [0.2, 0.25) is 0 Å². The van der Waals surface area contributed by atoms with E-state index in [1.54, 1.807) is 0 Å². The van der Waals surface area contributed by atoms with Crippen LogP contribution in [0.4, 0.5) is 4.79 Å². The summed E-state index contributed by atoms with van der Waals surface area (Å²) in [5.74, 6) is -1.34. The van der Waals surface area contributed by atoms with Crippen molar-refractivity contribution < 1.29 is 19.8 Å². The number of carboxylic acid groups (broad SMARTS) is 1. The zero-order valence-electron chi connectivity index (χ0n) is 10.9. The molecule has 106 valence electrons. The summed E-state index contributed by atoms with van der Waals surface area (Å²) in [6.45, 7) is 2.45. The molecule has 0 aliphatic heterocycles. The average molecular weight is 260 g/mol. The van der Waals surface area contributed by atoms with E-state index in [4.69, 9.17) is 10.2 Å². The van der Waals surface area contributed by atoms with Gasteiger partial charge in [0.15, 0.2) is 6.10 Å². The van der Waals surface area contributed by atoms with Gasteiger partial charge in [0.2, 0.25) is 0 Å². The number of amides is 2. The maximum Gasteiger partial charge on any atom is 0.334 e. The number of carbonyl (C=O) groups excluding carboxylic acids is 1. The van der Waals surface area contributed by atoms with Crippen molar-refractivity contribution in [3.05, 3.63) is 0 Å². The fourth-order valence-electron chi connectivity index (χ4n) is 1.45. The summed E-state index contributed by atoms with van der Waals surface area (Å²) in [6.07, 6.45) is 5.32. The van der Waals surface area contributed by atoms with Gasteiger partial charge in [-0.05, 0) is 6.42 Å². The van der Waals surface area contributed by atoms with E-state index in [0.717, 1.165) is 12.8 Å². The second-order valence-corrected chi connectivity index (χ2v) is 4.26. The zero-order valence-corrected chi connectivity index (χ0v) is 10.9. The van der Waals surface area contributed by atoms with Gasteiger partial charge in [-0.25, -0.2) is 9.59 Å². The van der Waals surface area contributed by atoms with Gasteiger partial charge in [0.05, 0.1) is 6.54 Å². The smallest absolute Gasteiger partial charge is 0.334 e. The van der Waals surface area contributed by atoms with E-state index in [1.165, 1.54) is 25.7 Å². The molecule has 0 rings (SSSR count). The number of hydrogen-bond donors (Lipinski definition) is 4. The molecule has 1 atom stereocenters. The molecule has 0 saturated carbocycles. The van der Waals surface area contributed by atoms with E-state index in [9.17, 15) is 9.59 Å². The van der Waals surface area contributed by atoms with Gasteiger partial charge < -0.3 is 20.8 Å². The lowest BCUT2D eigenvalue weighted by Gasteiger charge is -2.09. The molecule has 18 heavy (non-hydrogen) atoms. The Morgan fingerprint density at radius 2 is 1.67 bits per heavy atom. The highest BCUT2D eigenvalue weighted by Gasteiger charge is 2.13. The molecule has 0 bridgehead atoms. The highest BCUT2D eigenvalue weighted by Crippen LogP contribution is 2.03. The van der Waals surface area contributed by atoms with Crippen molar-refractivity contribution >= 4 is 12.0 Å². The lowest BCUT2D eigenvalue weighted by molar-refractivity contribution is -0.146. The Balaban J connectivity index is 3.35. The van der Waals surface area contributed by atoms with Gasteiger partial charge in [0.1, 0.15) is 0 Å². The van der Waals surface area contributed by atoms with Gasteiger partial charge in [-0.3, -0.25) is 0 Å². The van der Waals surface area contributed by atoms with Gasteiger partial charge >= 0.3 is 12.0 Å². The van der Waals surface area contributed by atoms with Gasteiger partial charge in [0, 0.05) is 6.54 Å². The van der Waals surface area contributed by atoms with Crippen LogP contribution in [0, 0.1) is 0 Å². The first-order valence-electron chi connectivity index (χ1n) is 6.50. The first-order chi connectivity index (χ1) is 8.57. The molecule has 2 amide bonds. The number of carbonyl (C=O) groups is 2. The lowest BCUT2D eigenvalue weighted by Crippen LogP contribution is -2.42. The number of urea groups is 1. The Hall–Kier alpha value is -1.30. The minimum Gasteiger partial charge on any atom is -0.479 e. The summed E-state index contributed by atoms with van der Waals surface area (Å²) in [4.78, 5) is 21.5. The minimum absolute atomic E-state index is 0.280. The maximum absolute atomic E-state index is 11.2. The Labute approximate surface area is 108 Å². The predicted octanol–water partition coefficient (Wildman–Crippen LogP) is 1.09. The third-order valence-electron chi connectivity index (χ3n) is 2.56. The van der Waals surface area contributed by atoms with Crippen LogP contribution in [0.15, 0.2) is 0 Å². The molecule has 0 radical (unpaired) electrons. The summed E-state index contributed by atoms with van der Waals surface area (Å²) in [5, 5.41) is 22.2. The van der Waals surface area contributed by atoms with Crippen LogP contribution in [0.3, 0.4) is 0 Å². The quantitative estimate of drug-likeness (QED) is 0.442. The first-order valence-corrected chi connectivity index (χ1v) is 6.50. The van der Waals surface area contributed by atoms with Crippen LogP contribution in [-0.2, 0) is 4.79 Å². The zero-order chi connectivity index (χ0) is 13.8. The second kappa shape index (κ2) is 10.8. The Morgan fingerprint density at radius 1 is 1.06 bits per heavy atom. The van der Waals surface area contributed by atoms with Crippen molar-refractivity contribution in [2.45, 2.75) is 51.6 Å². The van der Waals surface area contributed by atoms with Gasteiger partial charge in [-0.2, -0.15) is 0 Å². The van der Waals surface area contributed by atoms with E-state index in [1.807, 2.05) is 0 Å². The predicted molar refractivity (Wildman–Crippen MR) is 68.4 cm³/mol. The number of carboxylic acids is 1.